The summed E-state index contributed by atoms with van der Waals surface area (Å²) in [5.41, 5.74) is 0. The first-order valence-corrected chi connectivity index (χ1v) is 4.16. The SMILES string of the molecule is CC(=O)N[C@@H](C=O)[C@@H](O)[C@H](O)[C@@H](C)O. The van der Waals surface area contributed by atoms with E-state index >= 15 is 0 Å². The van der Waals surface area contributed by atoms with Gasteiger partial charge >= 0.3 is 0 Å². The molecule has 0 aliphatic heterocycles. The lowest BCUT2D eigenvalue weighted by atomic mass is 10.0. The summed E-state index contributed by atoms with van der Waals surface area (Å²) < 4.78 is 0. The Morgan fingerprint density at radius 1 is 1.29 bits per heavy atom. The van der Waals surface area contributed by atoms with E-state index in [2.05, 4.69) is 5.32 Å². The summed E-state index contributed by atoms with van der Waals surface area (Å²) in [6.07, 6.45) is -3.87. The zero-order chi connectivity index (χ0) is 11.3. The third kappa shape index (κ3) is 3.82. The Balaban J connectivity index is 4.36. The first kappa shape index (κ1) is 13.0. The summed E-state index contributed by atoms with van der Waals surface area (Å²) in [4.78, 5) is 21.0. The minimum Gasteiger partial charge on any atom is -0.391 e. The van der Waals surface area contributed by atoms with Crippen LogP contribution in [0.15, 0.2) is 0 Å². The number of carbonyl (C=O) groups is 2. The van der Waals surface area contributed by atoms with Crippen LogP contribution in [0.5, 0.6) is 0 Å². The molecule has 0 aliphatic rings. The Morgan fingerprint density at radius 2 is 1.79 bits per heavy atom. The zero-order valence-electron chi connectivity index (χ0n) is 8.04. The molecule has 0 spiro atoms. The molecule has 0 radical (unpaired) electrons. The van der Waals surface area contributed by atoms with E-state index in [4.69, 9.17) is 5.11 Å². The van der Waals surface area contributed by atoms with Gasteiger partial charge in [0.25, 0.3) is 0 Å². The first-order valence-electron chi connectivity index (χ1n) is 4.16. The third-order valence-corrected chi connectivity index (χ3v) is 1.73. The Kier molecular flexibility index (Phi) is 5.29. The van der Waals surface area contributed by atoms with E-state index < -0.39 is 30.3 Å². The van der Waals surface area contributed by atoms with Crippen molar-refractivity contribution in [2.45, 2.75) is 38.2 Å². The molecule has 0 rings (SSSR count). The monoisotopic (exact) mass is 205 g/mol. The number of aliphatic hydroxyl groups is 3. The summed E-state index contributed by atoms with van der Waals surface area (Å²) in [5.74, 6) is -0.501. The van der Waals surface area contributed by atoms with Gasteiger partial charge in [-0.05, 0) is 6.92 Å². The zero-order valence-corrected chi connectivity index (χ0v) is 8.04. The molecule has 0 unspecified atom stereocenters. The van der Waals surface area contributed by atoms with Crippen molar-refractivity contribution in [1.82, 2.24) is 5.32 Å². The molecule has 0 aromatic rings. The number of amides is 1. The molecule has 4 N–H and O–H groups in total. The van der Waals surface area contributed by atoms with Crippen molar-refractivity contribution in [2.75, 3.05) is 0 Å². The van der Waals surface area contributed by atoms with E-state index in [9.17, 15) is 19.8 Å². The van der Waals surface area contributed by atoms with Gasteiger partial charge in [-0.3, -0.25) is 4.79 Å². The van der Waals surface area contributed by atoms with Crippen molar-refractivity contribution in [3.05, 3.63) is 0 Å². The second kappa shape index (κ2) is 5.69. The number of carbonyl (C=O) groups excluding carboxylic acids is 2. The lowest BCUT2D eigenvalue weighted by molar-refractivity contribution is -0.128. The highest BCUT2D eigenvalue weighted by Crippen LogP contribution is 2.03. The number of aldehydes is 1. The maximum atomic E-state index is 10.6. The maximum absolute atomic E-state index is 10.6. The van der Waals surface area contributed by atoms with Crippen molar-refractivity contribution in [2.24, 2.45) is 0 Å². The van der Waals surface area contributed by atoms with E-state index in [1.54, 1.807) is 0 Å². The van der Waals surface area contributed by atoms with Gasteiger partial charge in [-0.25, -0.2) is 0 Å². The highest BCUT2D eigenvalue weighted by molar-refractivity contribution is 5.77. The second-order valence-electron chi connectivity index (χ2n) is 3.08. The van der Waals surface area contributed by atoms with E-state index in [1.165, 1.54) is 13.8 Å². The smallest absolute Gasteiger partial charge is 0.217 e. The molecule has 6 nitrogen and oxygen atoms in total. The van der Waals surface area contributed by atoms with E-state index in [1.807, 2.05) is 0 Å². The van der Waals surface area contributed by atoms with Crippen LogP contribution in [0.1, 0.15) is 13.8 Å². The van der Waals surface area contributed by atoms with E-state index in [0.29, 0.717) is 6.29 Å². The number of aliphatic hydroxyl groups excluding tert-OH is 3. The van der Waals surface area contributed by atoms with Gasteiger partial charge < -0.3 is 25.4 Å². The Labute approximate surface area is 81.5 Å². The van der Waals surface area contributed by atoms with Crippen molar-refractivity contribution in [3.8, 4) is 0 Å². The van der Waals surface area contributed by atoms with Gasteiger partial charge in [0.2, 0.25) is 5.91 Å². The molecule has 0 saturated heterocycles. The van der Waals surface area contributed by atoms with E-state index in [-0.39, 0.29) is 0 Å². The molecule has 0 aliphatic carbocycles. The number of hydrogen-bond donors (Lipinski definition) is 4. The standard InChI is InChI=1S/C8H15NO5/c1-4(11)7(13)8(14)6(3-10)9-5(2)12/h3-4,6-8,11,13-14H,1-2H3,(H,9,12)/t4-,6+,7-,8-/m1/s1. The van der Waals surface area contributed by atoms with Gasteiger partial charge in [-0.1, -0.05) is 0 Å². The van der Waals surface area contributed by atoms with Crippen LogP contribution < -0.4 is 5.32 Å². The lowest BCUT2D eigenvalue weighted by Crippen LogP contribution is -2.51. The van der Waals surface area contributed by atoms with E-state index in [0.717, 1.165) is 0 Å². The van der Waals surface area contributed by atoms with Crippen molar-refractivity contribution >= 4 is 12.2 Å². The molecule has 0 fully saturated rings. The summed E-state index contributed by atoms with van der Waals surface area (Å²) in [5, 5.41) is 29.6. The molecule has 4 atom stereocenters. The highest BCUT2D eigenvalue weighted by atomic mass is 16.4. The van der Waals surface area contributed by atoms with Crippen molar-refractivity contribution < 1.29 is 24.9 Å². The lowest BCUT2D eigenvalue weighted by Gasteiger charge is -2.24. The molecule has 1 amide bonds. The summed E-state index contributed by atoms with van der Waals surface area (Å²) in [7, 11) is 0. The highest BCUT2D eigenvalue weighted by Gasteiger charge is 2.29. The molecule has 0 bridgehead atoms. The van der Waals surface area contributed by atoms with Crippen LogP contribution in [-0.4, -0.2) is 51.9 Å². The van der Waals surface area contributed by atoms with Crippen molar-refractivity contribution in [3.63, 3.8) is 0 Å². The van der Waals surface area contributed by atoms with Crippen LogP contribution >= 0.6 is 0 Å². The number of hydrogen-bond acceptors (Lipinski definition) is 5. The average molecular weight is 205 g/mol. The van der Waals surface area contributed by atoms with Gasteiger partial charge in [0.1, 0.15) is 24.5 Å². The summed E-state index contributed by atoms with van der Waals surface area (Å²) in [6, 6.07) is -1.21. The Bertz CT molecular complexity index is 206. The van der Waals surface area contributed by atoms with Gasteiger partial charge in [-0.2, -0.15) is 0 Å². The van der Waals surface area contributed by atoms with Crippen LogP contribution in [0.3, 0.4) is 0 Å². The molecule has 82 valence electrons. The average Bonchev–Trinajstić information content (AvgIpc) is 2.11. The minimum atomic E-state index is -1.52. The molecular formula is C8H15NO5. The topological polar surface area (TPSA) is 107 Å². The van der Waals surface area contributed by atoms with Crippen LogP contribution in [0.2, 0.25) is 0 Å². The van der Waals surface area contributed by atoms with Crippen LogP contribution in [0, 0.1) is 0 Å². The fourth-order valence-corrected chi connectivity index (χ4v) is 0.932. The maximum Gasteiger partial charge on any atom is 0.217 e. The van der Waals surface area contributed by atoms with Crippen LogP contribution in [0.25, 0.3) is 0 Å². The molecule has 6 heteroatoms. The molecule has 0 heterocycles. The molecule has 14 heavy (non-hydrogen) atoms. The Hall–Kier alpha value is -0.980. The van der Waals surface area contributed by atoms with Gasteiger partial charge in [0.15, 0.2) is 0 Å². The van der Waals surface area contributed by atoms with Crippen molar-refractivity contribution in [1.29, 1.82) is 0 Å². The first-order chi connectivity index (χ1) is 6.40. The predicted molar refractivity (Wildman–Crippen MR) is 47.4 cm³/mol. The Morgan fingerprint density at radius 3 is 2.07 bits per heavy atom. The normalized spacial score (nSPS) is 19.2. The molecule has 0 aromatic carbocycles. The van der Waals surface area contributed by atoms with Gasteiger partial charge in [0.05, 0.1) is 6.10 Å². The summed E-state index contributed by atoms with van der Waals surface area (Å²) in [6.45, 7) is 2.45. The third-order valence-electron chi connectivity index (χ3n) is 1.73. The fourth-order valence-electron chi connectivity index (χ4n) is 0.932. The molecule has 0 saturated carbocycles. The van der Waals surface area contributed by atoms with Gasteiger partial charge in [0, 0.05) is 6.92 Å². The quantitative estimate of drug-likeness (QED) is 0.381. The number of nitrogens with one attached hydrogen (secondary N) is 1. The van der Waals surface area contributed by atoms with Crippen LogP contribution in [0.4, 0.5) is 0 Å². The second-order valence-corrected chi connectivity index (χ2v) is 3.08. The van der Waals surface area contributed by atoms with Gasteiger partial charge in [-0.15, -0.1) is 0 Å². The summed E-state index contributed by atoms with van der Waals surface area (Å²) >= 11 is 0. The molecule has 0 aromatic heterocycles. The fraction of sp³-hybridized carbons (Fsp3) is 0.750. The molecular weight excluding hydrogens is 190 g/mol. The minimum absolute atomic E-state index is 0.303. The predicted octanol–water partition coefficient (Wildman–Crippen LogP) is -2.21. The number of rotatable bonds is 5. The largest absolute Gasteiger partial charge is 0.391 e. The van der Waals surface area contributed by atoms with Crippen LogP contribution in [-0.2, 0) is 9.59 Å².